The average molecular weight is 292 g/mol. The SMILES string of the molecule is COc1cc(C(F)F)c(OC(F)(F)F)nc1CCl. The average Bonchev–Trinajstić information content (AvgIpc) is 2.25. The van der Waals surface area contributed by atoms with Crippen molar-refractivity contribution < 1.29 is 31.4 Å². The van der Waals surface area contributed by atoms with Crippen molar-refractivity contribution in [3.63, 3.8) is 0 Å². The second kappa shape index (κ2) is 5.55. The first-order valence-corrected chi connectivity index (χ1v) is 4.99. The van der Waals surface area contributed by atoms with Crippen LogP contribution in [0.25, 0.3) is 0 Å². The van der Waals surface area contributed by atoms with Crippen molar-refractivity contribution in [3.8, 4) is 11.6 Å². The molecule has 0 aliphatic carbocycles. The van der Waals surface area contributed by atoms with E-state index in [1.165, 1.54) is 0 Å². The van der Waals surface area contributed by atoms with Gasteiger partial charge in [0.15, 0.2) is 0 Å². The van der Waals surface area contributed by atoms with Gasteiger partial charge in [0.05, 0.1) is 18.6 Å². The normalized spacial score (nSPS) is 11.8. The number of nitrogens with zero attached hydrogens (tertiary/aromatic N) is 1. The molecule has 0 amide bonds. The first kappa shape index (κ1) is 14.7. The summed E-state index contributed by atoms with van der Waals surface area (Å²) >= 11 is 5.42. The van der Waals surface area contributed by atoms with E-state index in [-0.39, 0.29) is 17.3 Å². The van der Waals surface area contributed by atoms with Gasteiger partial charge in [0.2, 0.25) is 5.88 Å². The topological polar surface area (TPSA) is 31.4 Å². The zero-order valence-electron chi connectivity index (χ0n) is 8.89. The molecule has 1 heterocycles. The molecule has 0 N–H and O–H groups in total. The summed E-state index contributed by atoms with van der Waals surface area (Å²) in [6, 6.07) is 0.719. The Kier molecular flexibility index (Phi) is 4.55. The molecule has 0 atom stereocenters. The molecule has 0 aliphatic heterocycles. The van der Waals surface area contributed by atoms with Crippen molar-refractivity contribution in [2.45, 2.75) is 18.7 Å². The van der Waals surface area contributed by atoms with Crippen molar-refractivity contribution in [2.24, 2.45) is 0 Å². The molecule has 0 spiro atoms. The predicted molar refractivity (Wildman–Crippen MR) is 52.0 cm³/mol. The smallest absolute Gasteiger partial charge is 0.495 e. The molecule has 0 unspecified atom stereocenters. The van der Waals surface area contributed by atoms with Crippen LogP contribution >= 0.6 is 11.6 Å². The van der Waals surface area contributed by atoms with Crippen molar-refractivity contribution in [3.05, 3.63) is 17.3 Å². The maximum absolute atomic E-state index is 12.6. The molecule has 1 aromatic heterocycles. The van der Waals surface area contributed by atoms with E-state index in [0.29, 0.717) is 0 Å². The molecule has 0 fully saturated rings. The first-order chi connectivity index (χ1) is 8.28. The Morgan fingerprint density at radius 2 is 2.00 bits per heavy atom. The van der Waals surface area contributed by atoms with Crippen LogP contribution in [0.2, 0.25) is 0 Å². The highest BCUT2D eigenvalue weighted by atomic mass is 35.5. The molecule has 1 rings (SSSR count). The van der Waals surface area contributed by atoms with Crippen LogP contribution in [0.5, 0.6) is 11.6 Å². The van der Waals surface area contributed by atoms with Gasteiger partial charge in [-0.3, -0.25) is 0 Å². The minimum Gasteiger partial charge on any atom is -0.495 e. The lowest BCUT2D eigenvalue weighted by Crippen LogP contribution is -2.19. The van der Waals surface area contributed by atoms with Crippen molar-refractivity contribution in [1.29, 1.82) is 0 Å². The number of alkyl halides is 6. The molecule has 0 bridgehead atoms. The van der Waals surface area contributed by atoms with E-state index in [1.807, 2.05) is 0 Å². The largest absolute Gasteiger partial charge is 0.574 e. The van der Waals surface area contributed by atoms with Crippen LogP contribution in [0.1, 0.15) is 17.7 Å². The van der Waals surface area contributed by atoms with Gasteiger partial charge in [0.1, 0.15) is 11.4 Å². The van der Waals surface area contributed by atoms with Gasteiger partial charge in [-0.05, 0) is 6.07 Å². The Morgan fingerprint density at radius 3 is 2.39 bits per heavy atom. The van der Waals surface area contributed by atoms with Crippen LogP contribution in [0.4, 0.5) is 22.0 Å². The van der Waals surface area contributed by atoms with Crippen molar-refractivity contribution in [2.75, 3.05) is 7.11 Å². The van der Waals surface area contributed by atoms with Gasteiger partial charge in [0, 0.05) is 0 Å². The molecule has 0 aliphatic rings. The summed E-state index contributed by atoms with van der Waals surface area (Å²) in [5, 5.41) is 0. The third-order valence-corrected chi connectivity index (χ3v) is 2.10. The molecule has 0 saturated heterocycles. The lowest BCUT2D eigenvalue weighted by Gasteiger charge is -2.14. The lowest BCUT2D eigenvalue weighted by molar-refractivity contribution is -0.276. The van der Waals surface area contributed by atoms with Gasteiger partial charge in [0.25, 0.3) is 6.43 Å². The van der Waals surface area contributed by atoms with E-state index < -0.39 is 24.2 Å². The Morgan fingerprint density at radius 1 is 1.39 bits per heavy atom. The molecule has 1 aromatic rings. The molecule has 102 valence electrons. The van der Waals surface area contributed by atoms with Crippen molar-refractivity contribution >= 4 is 11.6 Å². The number of aromatic nitrogens is 1. The molecule has 0 aromatic carbocycles. The van der Waals surface area contributed by atoms with Gasteiger partial charge in [-0.1, -0.05) is 0 Å². The Balaban J connectivity index is 3.29. The molecule has 0 radical (unpaired) electrons. The fourth-order valence-electron chi connectivity index (χ4n) is 1.15. The minimum absolute atomic E-state index is 0.122. The zero-order chi connectivity index (χ0) is 13.9. The standard InChI is InChI=1S/C9H7ClF5NO2/c1-17-6-2-4(7(11)12)8(16-5(6)3-10)18-9(13,14)15/h2,7H,3H2,1H3. The van der Waals surface area contributed by atoms with Crippen molar-refractivity contribution in [1.82, 2.24) is 4.98 Å². The fourth-order valence-corrected chi connectivity index (χ4v) is 1.34. The van der Waals surface area contributed by atoms with Crippen LogP contribution in [-0.2, 0) is 5.88 Å². The molecular weight excluding hydrogens is 285 g/mol. The van der Waals surface area contributed by atoms with E-state index in [0.717, 1.165) is 13.2 Å². The third kappa shape index (κ3) is 3.59. The number of pyridine rings is 1. The molecule has 18 heavy (non-hydrogen) atoms. The predicted octanol–water partition coefficient (Wildman–Crippen LogP) is 3.67. The Bertz CT molecular complexity index is 424. The lowest BCUT2D eigenvalue weighted by atomic mass is 10.2. The van der Waals surface area contributed by atoms with Gasteiger partial charge in [-0.25, -0.2) is 13.8 Å². The number of hydrogen-bond donors (Lipinski definition) is 0. The minimum atomic E-state index is -5.12. The summed E-state index contributed by atoms with van der Waals surface area (Å²) in [4.78, 5) is 3.29. The summed E-state index contributed by atoms with van der Waals surface area (Å²) in [6.07, 6.45) is -8.30. The Hall–Kier alpha value is -1.31. The first-order valence-electron chi connectivity index (χ1n) is 4.46. The monoisotopic (exact) mass is 291 g/mol. The van der Waals surface area contributed by atoms with E-state index in [9.17, 15) is 22.0 Å². The summed E-state index contributed by atoms with van der Waals surface area (Å²) in [5.41, 5.74) is -1.14. The summed E-state index contributed by atoms with van der Waals surface area (Å²) in [7, 11) is 1.16. The van der Waals surface area contributed by atoms with Crippen LogP contribution in [0, 0.1) is 0 Å². The van der Waals surface area contributed by atoms with Gasteiger partial charge >= 0.3 is 6.36 Å². The van der Waals surface area contributed by atoms with E-state index >= 15 is 0 Å². The van der Waals surface area contributed by atoms with Gasteiger partial charge in [-0.2, -0.15) is 0 Å². The number of halogens is 6. The molecular formula is C9H7ClF5NO2. The molecule has 0 saturated carbocycles. The summed E-state index contributed by atoms with van der Waals surface area (Å²) in [5.74, 6) is -1.66. The van der Waals surface area contributed by atoms with Gasteiger partial charge in [-0.15, -0.1) is 24.8 Å². The van der Waals surface area contributed by atoms with Gasteiger partial charge < -0.3 is 9.47 Å². The number of ether oxygens (including phenoxy) is 2. The third-order valence-electron chi connectivity index (χ3n) is 1.85. The second-order valence-electron chi connectivity index (χ2n) is 3.01. The number of rotatable bonds is 4. The van der Waals surface area contributed by atoms with E-state index in [1.54, 1.807) is 0 Å². The number of hydrogen-bond acceptors (Lipinski definition) is 3. The van der Waals surface area contributed by atoms with E-state index in [2.05, 4.69) is 9.72 Å². The number of methoxy groups -OCH3 is 1. The van der Waals surface area contributed by atoms with Crippen LogP contribution in [0.3, 0.4) is 0 Å². The maximum atomic E-state index is 12.6. The second-order valence-corrected chi connectivity index (χ2v) is 3.28. The molecule has 9 heteroatoms. The molecule has 3 nitrogen and oxygen atoms in total. The van der Waals surface area contributed by atoms with E-state index in [4.69, 9.17) is 16.3 Å². The van der Waals surface area contributed by atoms with Crippen LogP contribution in [0.15, 0.2) is 6.07 Å². The van der Waals surface area contributed by atoms with Crippen LogP contribution < -0.4 is 9.47 Å². The quantitative estimate of drug-likeness (QED) is 0.626. The highest BCUT2D eigenvalue weighted by Crippen LogP contribution is 2.35. The zero-order valence-corrected chi connectivity index (χ0v) is 9.65. The fraction of sp³-hybridized carbons (Fsp3) is 0.444. The maximum Gasteiger partial charge on any atom is 0.574 e. The Labute approximate surface area is 103 Å². The summed E-state index contributed by atoms with van der Waals surface area (Å²) < 4.78 is 69.4. The van der Waals surface area contributed by atoms with Crippen LogP contribution in [-0.4, -0.2) is 18.5 Å². The highest BCUT2D eigenvalue weighted by molar-refractivity contribution is 6.17. The highest BCUT2D eigenvalue weighted by Gasteiger charge is 2.34. The summed E-state index contributed by atoms with van der Waals surface area (Å²) in [6.45, 7) is 0.